The van der Waals surface area contributed by atoms with E-state index < -0.39 is 0 Å². The number of hydrogen-bond acceptors (Lipinski definition) is 3. The Labute approximate surface area is 118 Å². The molecule has 108 valence electrons. The first kappa shape index (κ1) is 16.0. The smallest absolute Gasteiger partial charge is 0.0388 e. The normalized spacial score (nSPS) is 12.8. The van der Waals surface area contributed by atoms with Crippen molar-refractivity contribution < 1.29 is 0 Å². The predicted octanol–water partition coefficient (Wildman–Crippen LogP) is 2.27. The molecule has 0 spiro atoms. The zero-order valence-corrected chi connectivity index (χ0v) is 13.1. The summed E-state index contributed by atoms with van der Waals surface area (Å²) in [5.74, 6) is 0. The van der Waals surface area contributed by atoms with Gasteiger partial charge in [0.1, 0.15) is 0 Å². The van der Waals surface area contributed by atoms with Crippen LogP contribution in [0.25, 0.3) is 0 Å². The van der Waals surface area contributed by atoms with E-state index in [1.807, 2.05) is 0 Å². The van der Waals surface area contributed by atoms with E-state index in [0.717, 1.165) is 19.5 Å². The summed E-state index contributed by atoms with van der Waals surface area (Å²) in [7, 11) is 4.25. The molecule has 1 aromatic rings. The Bertz CT molecular complexity index is 388. The third-order valence-corrected chi connectivity index (χ3v) is 3.57. The standard InChI is InChI=1S/C16H29N3/c1-6-19(14(3)12-18(4)5)16-8-7-15(9-10-17)13(2)11-16/h7-8,11,14H,6,9-10,12,17H2,1-5H3. The van der Waals surface area contributed by atoms with Crippen LogP contribution in [0.4, 0.5) is 5.69 Å². The molecule has 1 unspecified atom stereocenters. The van der Waals surface area contributed by atoms with E-state index in [-0.39, 0.29) is 0 Å². The summed E-state index contributed by atoms with van der Waals surface area (Å²) >= 11 is 0. The molecule has 0 radical (unpaired) electrons. The van der Waals surface area contributed by atoms with Crippen molar-refractivity contribution in [3.8, 4) is 0 Å². The van der Waals surface area contributed by atoms with Crippen LogP contribution in [0.5, 0.6) is 0 Å². The van der Waals surface area contributed by atoms with Gasteiger partial charge in [0.25, 0.3) is 0 Å². The lowest BCUT2D eigenvalue weighted by Crippen LogP contribution is -2.40. The van der Waals surface area contributed by atoms with Crippen LogP contribution in [-0.4, -0.2) is 44.7 Å². The van der Waals surface area contributed by atoms with Gasteiger partial charge in [-0.3, -0.25) is 0 Å². The SMILES string of the molecule is CCN(c1ccc(CCN)c(C)c1)C(C)CN(C)C. The molecule has 0 aliphatic rings. The summed E-state index contributed by atoms with van der Waals surface area (Å²) in [6.07, 6.45) is 0.964. The lowest BCUT2D eigenvalue weighted by Gasteiger charge is -2.32. The van der Waals surface area contributed by atoms with Gasteiger partial charge in [-0.05, 0) is 71.1 Å². The van der Waals surface area contributed by atoms with Crippen molar-refractivity contribution in [1.29, 1.82) is 0 Å². The van der Waals surface area contributed by atoms with Crippen molar-refractivity contribution in [3.63, 3.8) is 0 Å². The van der Waals surface area contributed by atoms with Crippen molar-refractivity contribution in [2.24, 2.45) is 5.73 Å². The van der Waals surface area contributed by atoms with E-state index in [0.29, 0.717) is 12.6 Å². The fourth-order valence-corrected chi connectivity index (χ4v) is 2.67. The van der Waals surface area contributed by atoms with Crippen molar-refractivity contribution in [2.45, 2.75) is 33.2 Å². The second-order valence-corrected chi connectivity index (χ2v) is 5.55. The van der Waals surface area contributed by atoms with E-state index in [9.17, 15) is 0 Å². The molecule has 0 bridgehead atoms. The predicted molar refractivity (Wildman–Crippen MR) is 85.0 cm³/mol. The molecule has 2 N–H and O–H groups in total. The molecule has 19 heavy (non-hydrogen) atoms. The van der Waals surface area contributed by atoms with Crippen LogP contribution in [0.2, 0.25) is 0 Å². The number of nitrogens with zero attached hydrogens (tertiary/aromatic N) is 2. The highest BCUT2D eigenvalue weighted by Crippen LogP contribution is 2.21. The van der Waals surface area contributed by atoms with Gasteiger partial charge in [0.15, 0.2) is 0 Å². The van der Waals surface area contributed by atoms with Gasteiger partial charge < -0.3 is 15.5 Å². The molecular formula is C16H29N3. The lowest BCUT2D eigenvalue weighted by molar-refractivity contribution is 0.373. The number of nitrogens with two attached hydrogens (primary N) is 1. The minimum atomic E-state index is 0.514. The molecule has 3 heteroatoms. The lowest BCUT2D eigenvalue weighted by atomic mass is 10.0. The maximum Gasteiger partial charge on any atom is 0.0388 e. The minimum Gasteiger partial charge on any atom is -0.368 e. The van der Waals surface area contributed by atoms with E-state index in [1.54, 1.807) is 0 Å². The van der Waals surface area contributed by atoms with Gasteiger partial charge in [-0.1, -0.05) is 6.07 Å². The Hall–Kier alpha value is -1.06. The van der Waals surface area contributed by atoms with Crippen molar-refractivity contribution in [2.75, 3.05) is 38.6 Å². The second-order valence-electron chi connectivity index (χ2n) is 5.55. The summed E-state index contributed by atoms with van der Waals surface area (Å²) < 4.78 is 0. The van der Waals surface area contributed by atoms with Gasteiger partial charge in [-0.2, -0.15) is 0 Å². The Morgan fingerprint density at radius 1 is 1.26 bits per heavy atom. The molecule has 1 aromatic carbocycles. The number of hydrogen-bond donors (Lipinski definition) is 1. The average Bonchev–Trinajstić information content (AvgIpc) is 2.32. The van der Waals surface area contributed by atoms with E-state index in [2.05, 4.69) is 62.9 Å². The molecule has 0 saturated carbocycles. The van der Waals surface area contributed by atoms with E-state index in [1.165, 1.54) is 16.8 Å². The molecule has 1 rings (SSSR count). The summed E-state index contributed by atoms with van der Waals surface area (Å²) in [4.78, 5) is 4.70. The second kappa shape index (κ2) is 7.51. The first-order chi connectivity index (χ1) is 8.99. The van der Waals surface area contributed by atoms with Crippen LogP contribution in [-0.2, 0) is 6.42 Å². The third kappa shape index (κ3) is 4.51. The number of rotatable bonds is 7. The van der Waals surface area contributed by atoms with E-state index in [4.69, 9.17) is 5.73 Å². The molecule has 0 saturated heterocycles. The van der Waals surface area contributed by atoms with Gasteiger partial charge >= 0.3 is 0 Å². The average molecular weight is 263 g/mol. The van der Waals surface area contributed by atoms with Crippen LogP contribution >= 0.6 is 0 Å². The zero-order valence-electron chi connectivity index (χ0n) is 13.1. The Kier molecular flexibility index (Phi) is 6.32. The first-order valence-electron chi connectivity index (χ1n) is 7.20. The molecule has 1 atom stereocenters. The third-order valence-electron chi connectivity index (χ3n) is 3.57. The van der Waals surface area contributed by atoms with Gasteiger partial charge in [0.2, 0.25) is 0 Å². The highest BCUT2D eigenvalue weighted by molar-refractivity contribution is 5.51. The number of likely N-dealkylation sites (N-methyl/N-ethyl adjacent to an activating group) is 2. The zero-order chi connectivity index (χ0) is 14.4. The number of aryl methyl sites for hydroxylation is 1. The number of benzene rings is 1. The van der Waals surface area contributed by atoms with Crippen LogP contribution in [0, 0.1) is 6.92 Å². The van der Waals surface area contributed by atoms with Gasteiger partial charge in [-0.25, -0.2) is 0 Å². The highest BCUT2D eigenvalue weighted by Gasteiger charge is 2.14. The molecule has 3 nitrogen and oxygen atoms in total. The fourth-order valence-electron chi connectivity index (χ4n) is 2.67. The van der Waals surface area contributed by atoms with Crippen LogP contribution in [0.15, 0.2) is 18.2 Å². The van der Waals surface area contributed by atoms with Crippen molar-refractivity contribution >= 4 is 5.69 Å². The van der Waals surface area contributed by atoms with Crippen LogP contribution in [0.3, 0.4) is 0 Å². The quantitative estimate of drug-likeness (QED) is 0.819. The maximum absolute atomic E-state index is 5.64. The molecule has 0 amide bonds. The highest BCUT2D eigenvalue weighted by atomic mass is 15.2. The molecule has 0 aromatic heterocycles. The molecular weight excluding hydrogens is 234 g/mol. The number of anilines is 1. The molecule has 0 aliphatic heterocycles. The first-order valence-corrected chi connectivity index (χ1v) is 7.20. The fraction of sp³-hybridized carbons (Fsp3) is 0.625. The molecule has 0 aliphatic carbocycles. The summed E-state index contributed by atoms with van der Waals surface area (Å²) in [5, 5.41) is 0. The Morgan fingerprint density at radius 2 is 1.95 bits per heavy atom. The summed E-state index contributed by atoms with van der Waals surface area (Å²) in [5.41, 5.74) is 9.66. The van der Waals surface area contributed by atoms with Crippen LogP contribution < -0.4 is 10.6 Å². The minimum absolute atomic E-state index is 0.514. The van der Waals surface area contributed by atoms with Crippen molar-refractivity contribution in [1.82, 2.24) is 4.90 Å². The largest absolute Gasteiger partial charge is 0.368 e. The Morgan fingerprint density at radius 3 is 2.42 bits per heavy atom. The topological polar surface area (TPSA) is 32.5 Å². The van der Waals surface area contributed by atoms with Gasteiger partial charge in [0.05, 0.1) is 0 Å². The van der Waals surface area contributed by atoms with Crippen molar-refractivity contribution in [3.05, 3.63) is 29.3 Å². The van der Waals surface area contributed by atoms with E-state index >= 15 is 0 Å². The maximum atomic E-state index is 5.64. The molecule has 0 heterocycles. The monoisotopic (exact) mass is 263 g/mol. The van der Waals surface area contributed by atoms with Gasteiger partial charge in [-0.15, -0.1) is 0 Å². The Balaban J connectivity index is 2.89. The summed E-state index contributed by atoms with van der Waals surface area (Å²) in [6.45, 7) is 9.50. The summed E-state index contributed by atoms with van der Waals surface area (Å²) in [6, 6.07) is 7.26. The van der Waals surface area contributed by atoms with Gasteiger partial charge in [0, 0.05) is 24.8 Å². The molecule has 0 fully saturated rings. The van der Waals surface area contributed by atoms with Crippen LogP contribution in [0.1, 0.15) is 25.0 Å².